The summed E-state index contributed by atoms with van der Waals surface area (Å²) >= 11 is 0. The minimum Gasteiger partial charge on any atom is -0.481 e. The number of rotatable bonds is 16. The van der Waals surface area contributed by atoms with Crippen molar-refractivity contribution < 1.29 is 24.6 Å². The van der Waals surface area contributed by atoms with Gasteiger partial charge in [-0.1, -0.05) is 86.1 Å². The van der Waals surface area contributed by atoms with Gasteiger partial charge in [-0.25, -0.2) is 0 Å². The minimum atomic E-state index is -0.786. The first-order valence-corrected chi connectivity index (χ1v) is 15.2. The molecule has 0 aromatic rings. The number of aliphatic hydroxyl groups excluding tert-OH is 1. The van der Waals surface area contributed by atoms with E-state index in [0.717, 1.165) is 67.2 Å². The Labute approximate surface area is 250 Å². The molecule has 5 heteroatoms. The lowest BCUT2D eigenvalue weighted by molar-refractivity contribution is -0.147. The molecule has 0 radical (unpaired) electrons. The molecule has 0 aromatic carbocycles. The Kier molecular flexibility index (Phi) is 13.2. The lowest BCUT2D eigenvalue weighted by Crippen LogP contribution is -2.23. The van der Waals surface area contributed by atoms with Crippen LogP contribution in [0.2, 0.25) is 0 Å². The van der Waals surface area contributed by atoms with Gasteiger partial charge in [-0.15, -0.1) is 0 Å². The van der Waals surface area contributed by atoms with E-state index >= 15 is 0 Å². The molecule has 41 heavy (non-hydrogen) atoms. The molecular formula is C36H58O5. The van der Waals surface area contributed by atoms with Crippen LogP contribution < -0.4 is 0 Å². The Morgan fingerprint density at radius 1 is 0.659 bits per heavy atom. The fraction of sp³-hybridized carbons (Fsp3) is 0.694. The number of Topliss-reactive ketones (excluding diaryl/α,β-unsaturated/α-hetero) is 2. The molecule has 2 aliphatic carbocycles. The monoisotopic (exact) mass is 570 g/mol. The van der Waals surface area contributed by atoms with Crippen LogP contribution in [0.25, 0.3) is 0 Å². The Hall–Kier alpha value is -2.27. The van der Waals surface area contributed by atoms with E-state index in [1.807, 2.05) is 0 Å². The number of ketones is 2. The third-order valence-corrected chi connectivity index (χ3v) is 8.30. The number of carboxylic acids is 1. The van der Waals surface area contributed by atoms with E-state index in [9.17, 15) is 24.6 Å². The molecule has 0 aliphatic heterocycles. The van der Waals surface area contributed by atoms with E-state index in [0.29, 0.717) is 25.7 Å². The Morgan fingerprint density at radius 2 is 1.00 bits per heavy atom. The van der Waals surface area contributed by atoms with E-state index in [1.54, 1.807) is 13.8 Å². The molecule has 0 saturated carbocycles. The van der Waals surface area contributed by atoms with Crippen molar-refractivity contribution in [2.45, 2.75) is 133 Å². The largest absolute Gasteiger partial charge is 0.481 e. The van der Waals surface area contributed by atoms with Crippen LogP contribution in [0, 0.1) is 21.7 Å². The highest BCUT2D eigenvalue weighted by Crippen LogP contribution is 2.37. The van der Waals surface area contributed by atoms with Crippen molar-refractivity contribution in [3.05, 3.63) is 46.6 Å². The molecule has 0 aromatic heterocycles. The number of aliphatic carboxylic acids is 1. The second-order valence-electron chi connectivity index (χ2n) is 14.8. The van der Waals surface area contributed by atoms with Crippen LogP contribution in [0.1, 0.15) is 133 Å². The standard InChI is InChI=1S/C35H54O5.CH4/c1-32(2,24-36)18-11-9-14-25-20-33(3,4)22-27(29(25)37)16-13-17-28-23-34(5,6)21-26(30(28)38)15-10-12-19-35(7,8)31(39)40;/h20-23,36H,9-19,24H2,1-8H3,(H,39,40);1H4. The zero-order valence-electron chi connectivity index (χ0n) is 26.4. The maximum absolute atomic E-state index is 13.3. The van der Waals surface area contributed by atoms with Gasteiger partial charge >= 0.3 is 5.97 Å². The maximum Gasteiger partial charge on any atom is 0.309 e. The van der Waals surface area contributed by atoms with Crippen LogP contribution in [-0.4, -0.2) is 34.4 Å². The van der Waals surface area contributed by atoms with Crippen LogP contribution in [-0.2, 0) is 14.4 Å². The highest BCUT2D eigenvalue weighted by Gasteiger charge is 2.30. The van der Waals surface area contributed by atoms with Gasteiger partial charge in [-0.2, -0.15) is 0 Å². The first kappa shape index (κ1) is 36.8. The molecule has 0 spiro atoms. The molecule has 5 nitrogen and oxygen atoms in total. The van der Waals surface area contributed by atoms with Crippen molar-refractivity contribution in [3.63, 3.8) is 0 Å². The van der Waals surface area contributed by atoms with Crippen LogP contribution in [0.5, 0.6) is 0 Å². The van der Waals surface area contributed by atoms with Gasteiger partial charge in [0.25, 0.3) is 0 Å². The first-order valence-electron chi connectivity index (χ1n) is 15.2. The molecule has 232 valence electrons. The Morgan fingerprint density at radius 3 is 1.34 bits per heavy atom. The summed E-state index contributed by atoms with van der Waals surface area (Å²) in [4.78, 5) is 38.0. The van der Waals surface area contributed by atoms with Crippen molar-refractivity contribution in [1.29, 1.82) is 0 Å². The van der Waals surface area contributed by atoms with E-state index in [4.69, 9.17) is 0 Å². The summed E-state index contributed by atoms with van der Waals surface area (Å²) in [5.41, 5.74) is 2.21. The van der Waals surface area contributed by atoms with E-state index < -0.39 is 11.4 Å². The Bertz CT molecular complexity index is 1080. The van der Waals surface area contributed by atoms with Gasteiger partial charge in [-0.05, 0) is 99.3 Å². The molecule has 2 N–H and O–H groups in total. The smallest absolute Gasteiger partial charge is 0.309 e. The number of allylic oxidation sites excluding steroid dienone is 8. The van der Waals surface area contributed by atoms with Gasteiger partial charge in [0, 0.05) is 17.4 Å². The van der Waals surface area contributed by atoms with Gasteiger partial charge in [0.15, 0.2) is 11.6 Å². The van der Waals surface area contributed by atoms with E-state index in [2.05, 4.69) is 65.8 Å². The summed E-state index contributed by atoms with van der Waals surface area (Å²) in [5.74, 6) is -0.533. The van der Waals surface area contributed by atoms with Crippen LogP contribution in [0.4, 0.5) is 0 Å². The number of carboxylic acid groups (broad SMARTS) is 1. The van der Waals surface area contributed by atoms with Crippen molar-refractivity contribution >= 4 is 17.5 Å². The number of hydrogen-bond donors (Lipinski definition) is 2. The molecule has 0 amide bonds. The van der Waals surface area contributed by atoms with Crippen molar-refractivity contribution in [1.82, 2.24) is 0 Å². The molecule has 0 fully saturated rings. The first-order chi connectivity index (χ1) is 18.4. The summed E-state index contributed by atoms with van der Waals surface area (Å²) in [5, 5.41) is 18.8. The minimum absolute atomic E-state index is 0. The maximum atomic E-state index is 13.3. The van der Waals surface area contributed by atoms with Gasteiger partial charge < -0.3 is 10.2 Å². The second-order valence-corrected chi connectivity index (χ2v) is 14.8. The number of carbonyl (C=O) groups excluding carboxylic acids is 2. The fourth-order valence-corrected chi connectivity index (χ4v) is 5.75. The fourth-order valence-electron chi connectivity index (χ4n) is 5.75. The zero-order valence-corrected chi connectivity index (χ0v) is 26.4. The SMILES string of the molecule is C.CC1(C)C=C(CCCCC(C)(C)CO)C(=O)C(CCCC2=CC(C)(C)C=C(CCCCC(C)(C)C(=O)O)C2=O)=C1. The molecule has 2 rings (SSSR count). The molecule has 0 atom stereocenters. The molecule has 0 unspecified atom stereocenters. The number of unbranched alkanes of at least 4 members (excludes halogenated alkanes) is 2. The predicted octanol–water partition coefficient (Wildman–Crippen LogP) is 8.97. The second kappa shape index (κ2) is 14.8. The van der Waals surface area contributed by atoms with Gasteiger partial charge in [0.1, 0.15) is 0 Å². The summed E-state index contributed by atoms with van der Waals surface area (Å²) < 4.78 is 0. The molecular weight excluding hydrogens is 512 g/mol. The van der Waals surface area contributed by atoms with Gasteiger partial charge in [0.2, 0.25) is 0 Å². The molecule has 0 heterocycles. The highest BCUT2D eigenvalue weighted by molar-refractivity contribution is 6.10. The average molecular weight is 571 g/mol. The van der Waals surface area contributed by atoms with Crippen molar-refractivity contribution in [2.75, 3.05) is 6.61 Å². The number of hydrogen-bond acceptors (Lipinski definition) is 4. The number of aliphatic hydroxyl groups is 1. The quantitative estimate of drug-likeness (QED) is 0.181. The van der Waals surface area contributed by atoms with E-state index in [-0.39, 0.29) is 41.8 Å². The zero-order chi connectivity index (χ0) is 30.4. The lowest BCUT2D eigenvalue weighted by Gasteiger charge is -2.27. The van der Waals surface area contributed by atoms with E-state index in [1.165, 1.54) is 0 Å². The summed E-state index contributed by atoms with van der Waals surface area (Å²) in [6, 6.07) is 0. The average Bonchev–Trinajstić information content (AvgIpc) is 2.84. The highest BCUT2D eigenvalue weighted by atomic mass is 16.4. The summed E-state index contributed by atoms with van der Waals surface area (Å²) in [6.45, 7) is 16.3. The third-order valence-electron chi connectivity index (χ3n) is 8.30. The van der Waals surface area contributed by atoms with Crippen LogP contribution in [0.15, 0.2) is 46.6 Å². The van der Waals surface area contributed by atoms with Crippen LogP contribution in [0.3, 0.4) is 0 Å². The van der Waals surface area contributed by atoms with Gasteiger partial charge in [0.05, 0.1) is 5.41 Å². The summed E-state index contributed by atoms with van der Waals surface area (Å²) in [6.07, 6.45) is 16.8. The third kappa shape index (κ3) is 11.5. The lowest BCUT2D eigenvalue weighted by atomic mass is 9.76. The molecule has 0 saturated heterocycles. The predicted molar refractivity (Wildman–Crippen MR) is 170 cm³/mol. The normalized spacial score (nSPS) is 18.7. The molecule has 2 aliphatic rings. The topological polar surface area (TPSA) is 91.7 Å². The van der Waals surface area contributed by atoms with Crippen molar-refractivity contribution in [2.24, 2.45) is 21.7 Å². The molecule has 0 bridgehead atoms. The number of carbonyl (C=O) groups is 3. The van der Waals surface area contributed by atoms with Crippen molar-refractivity contribution in [3.8, 4) is 0 Å². The summed E-state index contributed by atoms with van der Waals surface area (Å²) in [7, 11) is 0. The Balaban J connectivity index is 0.00000840. The van der Waals surface area contributed by atoms with Gasteiger partial charge in [-0.3, -0.25) is 14.4 Å². The van der Waals surface area contributed by atoms with Crippen LogP contribution >= 0.6 is 0 Å².